The molecule has 1 heterocycles. The molecule has 0 bridgehead atoms. The molecule has 1 aliphatic rings. The first-order valence-electron chi connectivity index (χ1n) is 13.2. The number of carbonyl (C=O) groups is 2. The summed E-state index contributed by atoms with van der Waals surface area (Å²) in [5.41, 5.74) is 3.73. The number of piperazine rings is 1. The van der Waals surface area contributed by atoms with Gasteiger partial charge < -0.3 is 30.5 Å². The molecule has 3 aromatic rings. The average molecular weight is 548 g/mol. The van der Waals surface area contributed by atoms with E-state index in [4.69, 9.17) is 4.74 Å². The minimum Gasteiger partial charge on any atom is -0.495 e. The van der Waals surface area contributed by atoms with E-state index in [1.807, 2.05) is 74.7 Å². The molecule has 1 fully saturated rings. The molecule has 8 nitrogen and oxygen atoms in total. The summed E-state index contributed by atoms with van der Waals surface area (Å²) in [6.07, 6.45) is 2.84. The molecular formula is C30H37N5O3S. The highest BCUT2D eigenvalue weighted by Gasteiger charge is 2.24. The quantitative estimate of drug-likeness (QED) is 0.289. The molecule has 0 spiro atoms. The van der Waals surface area contributed by atoms with E-state index in [0.717, 1.165) is 54.6 Å². The number of hydrogen-bond acceptors (Lipinski definition) is 6. The Bertz CT molecular complexity index is 1280. The number of amides is 3. The highest BCUT2D eigenvalue weighted by atomic mass is 32.2. The third-order valence-corrected chi connectivity index (χ3v) is 7.63. The van der Waals surface area contributed by atoms with Gasteiger partial charge in [-0.05, 0) is 74.2 Å². The topological polar surface area (TPSA) is 85.9 Å². The molecule has 1 unspecified atom stereocenters. The third-order valence-electron chi connectivity index (χ3n) is 6.88. The predicted octanol–water partition coefficient (Wildman–Crippen LogP) is 5.92. The Morgan fingerprint density at radius 3 is 2.15 bits per heavy atom. The van der Waals surface area contributed by atoms with Crippen molar-refractivity contribution in [3.8, 4) is 5.75 Å². The zero-order valence-corrected chi connectivity index (χ0v) is 23.8. The number of thioether (sulfide) groups is 1. The Morgan fingerprint density at radius 2 is 1.51 bits per heavy atom. The summed E-state index contributed by atoms with van der Waals surface area (Å²) in [6, 6.07) is 20.9. The lowest BCUT2D eigenvalue weighted by molar-refractivity contribution is 0.0939. The van der Waals surface area contributed by atoms with E-state index in [9.17, 15) is 9.59 Å². The lowest BCUT2D eigenvalue weighted by Crippen LogP contribution is -2.47. The van der Waals surface area contributed by atoms with Crippen molar-refractivity contribution in [2.75, 3.05) is 60.0 Å². The number of urea groups is 1. The van der Waals surface area contributed by atoms with Crippen LogP contribution in [0.25, 0.3) is 0 Å². The second kappa shape index (κ2) is 13.3. The van der Waals surface area contributed by atoms with E-state index in [0.29, 0.717) is 16.9 Å². The van der Waals surface area contributed by atoms with Gasteiger partial charge in [0.25, 0.3) is 5.91 Å². The molecule has 3 N–H and O–H groups in total. The number of ether oxygens (including phenoxy) is 1. The first-order chi connectivity index (χ1) is 18.9. The molecule has 206 valence electrons. The van der Waals surface area contributed by atoms with Gasteiger partial charge in [0.2, 0.25) is 0 Å². The summed E-state index contributed by atoms with van der Waals surface area (Å²) in [5, 5.41) is 8.81. The Balaban J connectivity index is 1.50. The molecule has 1 atom stereocenters. The number of hydrogen-bond donors (Lipinski definition) is 3. The van der Waals surface area contributed by atoms with Crippen molar-refractivity contribution < 1.29 is 14.3 Å². The van der Waals surface area contributed by atoms with Crippen LogP contribution in [0.2, 0.25) is 0 Å². The molecule has 39 heavy (non-hydrogen) atoms. The van der Waals surface area contributed by atoms with Crippen LogP contribution in [0.15, 0.2) is 71.6 Å². The van der Waals surface area contributed by atoms with Crippen LogP contribution in [0.4, 0.5) is 27.5 Å². The number of carbonyl (C=O) groups excluding carboxylic acids is 2. The minimum absolute atomic E-state index is 0.0388. The molecule has 4 rings (SSSR count). The van der Waals surface area contributed by atoms with Crippen molar-refractivity contribution >= 4 is 46.4 Å². The Hall–Kier alpha value is -3.85. The molecule has 0 aliphatic carbocycles. The smallest absolute Gasteiger partial charge is 0.323 e. The fraction of sp³-hybridized carbons (Fsp3) is 0.333. The Labute approximate surface area is 235 Å². The molecule has 1 aliphatic heterocycles. The van der Waals surface area contributed by atoms with Crippen LogP contribution < -0.4 is 30.5 Å². The summed E-state index contributed by atoms with van der Waals surface area (Å²) in [4.78, 5) is 31.7. The number of nitrogens with one attached hydrogen (secondary N) is 3. The number of rotatable bonds is 9. The van der Waals surface area contributed by atoms with E-state index in [1.54, 1.807) is 24.9 Å². The molecule has 0 radical (unpaired) electrons. The van der Waals surface area contributed by atoms with Crippen LogP contribution in [0.3, 0.4) is 0 Å². The molecular weight excluding hydrogens is 510 g/mol. The van der Waals surface area contributed by atoms with Crippen LogP contribution in [-0.4, -0.2) is 57.5 Å². The zero-order valence-electron chi connectivity index (χ0n) is 23.0. The number of methoxy groups -OCH3 is 1. The zero-order chi connectivity index (χ0) is 27.8. The number of nitrogens with zero attached hydrogens (tertiary/aromatic N) is 2. The van der Waals surface area contributed by atoms with Crippen molar-refractivity contribution in [2.24, 2.45) is 0 Å². The van der Waals surface area contributed by atoms with E-state index in [1.165, 1.54) is 0 Å². The molecule has 0 aromatic heterocycles. The lowest BCUT2D eigenvalue weighted by atomic mass is 10.1. The molecule has 3 aromatic carbocycles. The third kappa shape index (κ3) is 7.17. The predicted molar refractivity (Wildman–Crippen MR) is 162 cm³/mol. The molecule has 1 saturated heterocycles. The van der Waals surface area contributed by atoms with Gasteiger partial charge in [-0.15, -0.1) is 11.8 Å². The van der Waals surface area contributed by atoms with Crippen LogP contribution in [0.5, 0.6) is 5.75 Å². The maximum Gasteiger partial charge on any atom is 0.323 e. The monoisotopic (exact) mass is 547 g/mol. The summed E-state index contributed by atoms with van der Waals surface area (Å²) in [5.74, 6) is 0.705. The van der Waals surface area contributed by atoms with Crippen LogP contribution in [-0.2, 0) is 0 Å². The maximum absolute atomic E-state index is 13.3. The summed E-state index contributed by atoms with van der Waals surface area (Å²) in [7, 11) is 1.69. The van der Waals surface area contributed by atoms with Gasteiger partial charge >= 0.3 is 6.03 Å². The van der Waals surface area contributed by atoms with Gasteiger partial charge in [-0.1, -0.05) is 19.1 Å². The van der Waals surface area contributed by atoms with Gasteiger partial charge in [0.15, 0.2) is 0 Å². The van der Waals surface area contributed by atoms with Gasteiger partial charge in [0.1, 0.15) is 5.75 Å². The molecule has 3 amide bonds. The van der Waals surface area contributed by atoms with Gasteiger partial charge in [0.05, 0.1) is 18.4 Å². The summed E-state index contributed by atoms with van der Waals surface area (Å²) < 4.78 is 5.55. The maximum atomic E-state index is 13.3. The van der Waals surface area contributed by atoms with E-state index < -0.39 is 0 Å². The highest BCUT2D eigenvalue weighted by molar-refractivity contribution is 7.98. The van der Waals surface area contributed by atoms with Crippen LogP contribution >= 0.6 is 11.8 Å². The number of para-hydroxylation sites is 2. The summed E-state index contributed by atoms with van der Waals surface area (Å²) >= 11 is 1.64. The number of benzene rings is 3. The van der Waals surface area contributed by atoms with Crippen molar-refractivity contribution in [2.45, 2.75) is 31.2 Å². The van der Waals surface area contributed by atoms with Crippen molar-refractivity contribution in [3.63, 3.8) is 0 Å². The highest BCUT2D eigenvalue weighted by Crippen LogP contribution is 2.31. The van der Waals surface area contributed by atoms with Crippen molar-refractivity contribution in [1.82, 2.24) is 5.32 Å². The van der Waals surface area contributed by atoms with E-state index >= 15 is 0 Å². The fourth-order valence-corrected chi connectivity index (χ4v) is 4.93. The van der Waals surface area contributed by atoms with Gasteiger partial charge in [-0.2, -0.15) is 0 Å². The second-order valence-electron chi connectivity index (χ2n) is 9.47. The summed E-state index contributed by atoms with van der Waals surface area (Å²) in [6.45, 7) is 7.12. The fourth-order valence-electron chi connectivity index (χ4n) is 4.52. The minimum atomic E-state index is -0.363. The average Bonchev–Trinajstić information content (AvgIpc) is 2.97. The van der Waals surface area contributed by atoms with E-state index in [-0.39, 0.29) is 18.0 Å². The number of anilines is 4. The van der Waals surface area contributed by atoms with Gasteiger partial charge in [-0.25, -0.2) is 4.79 Å². The van der Waals surface area contributed by atoms with Crippen molar-refractivity contribution in [3.05, 3.63) is 72.3 Å². The van der Waals surface area contributed by atoms with Gasteiger partial charge in [0, 0.05) is 54.2 Å². The van der Waals surface area contributed by atoms with Gasteiger partial charge in [-0.3, -0.25) is 4.79 Å². The molecule has 9 heteroatoms. The first-order valence-corrected chi connectivity index (χ1v) is 14.4. The molecule has 0 saturated carbocycles. The first kappa shape index (κ1) is 28.2. The largest absolute Gasteiger partial charge is 0.495 e. The Kier molecular flexibility index (Phi) is 9.59. The van der Waals surface area contributed by atoms with E-state index in [2.05, 4.69) is 31.8 Å². The SMILES string of the molecule is CCC(C)NC(=O)c1cc(NC(=O)Nc2ccc(SC)cc2)ccc1N1CCN(c2ccccc2OC)CC1. The Morgan fingerprint density at radius 1 is 0.897 bits per heavy atom. The normalized spacial score (nSPS) is 13.9. The standard InChI is InChI=1S/C30H37N5O3S/c1-5-21(2)31-29(36)25-20-23(33-30(37)32-22-10-13-24(39-4)14-11-22)12-15-26(25)34-16-18-35(19-17-34)27-8-6-7-9-28(27)38-3/h6-15,20-21H,5,16-19H2,1-4H3,(H,31,36)(H2,32,33,37). The van der Waals surface area contributed by atoms with Crippen molar-refractivity contribution in [1.29, 1.82) is 0 Å². The second-order valence-corrected chi connectivity index (χ2v) is 10.3. The van der Waals surface area contributed by atoms with Crippen LogP contribution in [0.1, 0.15) is 30.6 Å². The van der Waals surface area contributed by atoms with Crippen LogP contribution in [0, 0.1) is 0 Å². The lowest BCUT2D eigenvalue weighted by Gasteiger charge is -2.38.